The summed E-state index contributed by atoms with van der Waals surface area (Å²) in [6, 6.07) is 7.74. The molecule has 0 aliphatic heterocycles. The summed E-state index contributed by atoms with van der Waals surface area (Å²) in [7, 11) is 0. The third kappa shape index (κ3) is 2.23. The van der Waals surface area contributed by atoms with E-state index in [0.29, 0.717) is 11.6 Å². The second-order valence-corrected chi connectivity index (χ2v) is 4.43. The molecule has 0 aliphatic carbocycles. The molecule has 0 unspecified atom stereocenters. The molecule has 0 spiro atoms. The normalized spacial score (nSPS) is 10.9. The molecule has 2 heterocycles. The van der Waals surface area contributed by atoms with Crippen molar-refractivity contribution >= 4 is 10.8 Å². The standard InChI is InChI=1S/C15H15N3O2/c1-2-18-9-12(8-17-18)20-15-14-6-4-3-5-13(14)11(10-19)7-16-15/h3-9,19H,2,10H2,1H3. The molecule has 0 amide bonds. The number of hydrogen-bond acceptors (Lipinski definition) is 4. The molecule has 5 nitrogen and oxygen atoms in total. The van der Waals surface area contributed by atoms with Gasteiger partial charge in [-0.05, 0) is 18.4 Å². The van der Waals surface area contributed by atoms with Crippen LogP contribution in [0.2, 0.25) is 0 Å². The molecule has 2 aromatic heterocycles. The number of fused-ring (bicyclic) bond motifs is 1. The second kappa shape index (κ2) is 5.30. The SMILES string of the molecule is CCn1cc(Oc2ncc(CO)c3ccccc23)cn1. The fourth-order valence-electron chi connectivity index (χ4n) is 2.11. The lowest BCUT2D eigenvalue weighted by atomic mass is 10.1. The van der Waals surface area contributed by atoms with Crippen molar-refractivity contribution in [3.8, 4) is 11.6 Å². The smallest absolute Gasteiger partial charge is 0.227 e. The van der Waals surface area contributed by atoms with Crippen molar-refractivity contribution in [1.29, 1.82) is 0 Å². The molecule has 0 radical (unpaired) electrons. The Labute approximate surface area is 116 Å². The Hall–Kier alpha value is -2.40. The van der Waals surface area contributed by atoms with Gasteiger partial charge in [0.05, 0.1) is 19.0 Å². The average molecular weight is 269 g/mol. The lowest BCUT2D eigenvalue weighted by Gasteiger charge is -2.08. The van der Waals surface area contributed by atoms with E-state index < -0.39 is 0 Å². The zero-order valence-corrected chi connectivity index (χ0v) is 11.2. The molecule has 20 heavy (non-hydrogen) atoms. The van der Waals surface area contributed by atoms with E-state index in [1.807, 2.05) is 37.4 Å². The molecule has 0 bridgehead atoms. The number of aromatic nitrogens is 3. The zero-order valence-electron chi connectivity index (χ0n) is 11.2. The van der Waals surface area contributed by atoms with E-state index in [4.69, 9.17) is 4.74 Å². The summed E-state index contributed by atoms with van der Waals surface area (Å²) in [5, 5.41) is 15.4. The highest BCUT2D eigenvalue weighted by molar-refractivity contribution is 5.89. The van der Waals surface area contributed by atoms with Crippen molar-refractivity contribution in [2.24, 2.45) is 0 Å². The molecule has 0 saturated carbocycles. The van der Waals surface area contributed by atoms with Crippen molar-refractivity contribution < 1.29 is 9.84 Å². The number of hydrogen-bond donors (Lipinski definition) is 1. The number of ether oxygens (including phenoxy) is 1. The van der Waals surface area contributed by atoms with Gasteiger partial charge >= 0.3 is 0 Å². The van der Waals surface area contributed by atoms with Crippen LogP contribution in [0.1, 0.15) is 12.5 Å². The minimum Gasteiger partial charge on any atom is -0.435 e. The monoisotopic (exact) mass is 269 g/mol. The molecule has 0 fully saturated rings. The molecule has 0 aliphatic rings. The minimum absolute atomic E-state index is 0.0401. The van der Waals surface area contributed by atoms with Crippen LogP contribution in [0.15, 0.2) is 42.9 Å². The highest BCUT2D eigenvalue weighted by atomic mass is 16.5. The van der Waals surface area contributed by atoms with E-state index in [2.05, 4.69) is 10.1 Å². The molecule has 3 aromatic rings. The second-order valence-electron chi connectivity index (χ2n) is 4.43. The highest BCUT2D eigenvalue weighted by Crippen LogP contribution is 2.29. The van der Waals surface area contributed by atoms with Crippen LogP contribution in [-0.2, 0) is 13.2 Å². The van der Waals surface area contributed by atoms with Gasteiger partial charge in [-0.2, -0.15) is 5.10 Å². The highest BCUT2D eigenvalue weighted by Gasteiger charge is 2.09. The van der Waals surface area contributed by atoms with Crippen LogP contribution in [0, 0.1) is 0 Å². The maximum absolute atomic E-state index is 9.36. The van der Waals surface area contributed by atoms with Crippen molar-refractivity contribution in [2.75, 3.05) is 0 Å². The van der Waals surface area contributed by atoms with Crippen molar-refractivity contribution in [3.63, 3.8) is 0 Å². The van der Waals surface area contributed by atoms with Crippen molar-refractivity contribution in [3.05, 3.63) is 48.4 Å². The number of benzene rings is 1. The van der Waals surface area contributed by atoms with Crippen LogP contribution in [0.4, 0.5) is 0 Å². The van der Waals surface area contributed by atoms with Gasteiger partial charge in [0, 0.05) is 23.7 Å². The van der Waals surface area contributed by atoms with Gasteiger partial charge in [-0.3, -0.25) is 4.68 Å². The van der Waals surface area contributed by atoms with Crippen molar-refractivity contribution in [2.45, 2.75) is 20.1 Å². The first-order valence-electron chi connectivity index (χ1n) is 6.49. The number of pyridine rings is 1. The van der Waals surface area contributed by atoms with Crippen LogP contribution in [0.5, 0.6) is 11.6 Å². The van der Waals surface area contributed by atoms with E-state index in [1.165, 1.54) is 0 Å². The van der Waals surface area contributed by atoms with Gasteiger partial charge in [0.15, 0.2) is 5.75 Å². The molecular formula is C15H15N3O2. The number of aryl methyl sites for hydroxylation is 1. The van der Waals surface area contributed by atoms with Crippen LogP contribution < -0.4 is 4.74 Å². The molecule has 3 rings (SSSR count). The Morgan fingerprint density at radius 3 is 2.70 bits per heavy atom. The van der Waals surface area contributed by atoms with Gasteiger partial charge in [0.2, 0.25) is 5.88 Å². The summed E-state index contributed by atoms with van der Waals surface area (Å²) in [6.07, 6.45) is 5.14. The third-order valence-electron chi connectivity index (χ3n) is 3.16. The lowest BCUT2D eigenvalue weighted by molar-refractivity contribution is 0.283. The number of nitrogens with zero attached hydrogens (tertiary/aromatic N) is 3. The Kier molecular flexibility index (Phi) is 3.35. The Morgan fingerprint density at radius 1 is 1.20 bits per heavy atom. The molecule has 0 saturated heterocycles. The Bertz CT molecular complexity index is 737. The third-order valence-corrected chi connectivity index (χ3v) is 3.16. The van der Waals surface area contributed by atoms with Gasteiger partial charge in [0.1, 0.15) is 0 Å². The summed E-state index contributed by atoms with van der Waals surface area (Å²) in [4.78, 5) is 4.29. The molecule has 102 valence electrons. The maximum atomic E-state index is 9.36. The van der Waals surface area contributed by atoms with E-state index in [9.17, 15) is 5.11 Å². The summed E-state index contributed by atoms with van der Waals surface area (Å²) in [6.45, 7) is 2.77. The minimum atomic E-state index is -0.0401. The van der Waals surface area contributed by atoms with Gasteiger partial charge in [-0.25, -0.2) is 4.98 Å². The van der Waals surface area contributed by atoms with Gasteiger partial charge in [-0.1, -0.05) is 18.2 Å². The fourth-order valence-corrected chi connectivity index (χ4v) is 2.11. The molecular weight excluding hydrogens is 254 g/mol. The zero-order chi connectivity index (χ0) is 13.9. The number of rotatable bonds is 4. The quantitative estimate of drug-likeness (QED) is 0.791. The van der Waals surface area contributed by atoms with Crippen LogP contribution >= 0.6 is 0 Å². The topological polar surface area (TPSA) is 60.2 Å². The van der Waals surface area contributed by atoms with Gasteiger partial charge < -0.3 is 9.84 Å². The first kappa shape index (κ1) is 12.6. The average Bonchev–Trinajstić information content (AvgIpc) is 2.95. The van der Waals surface area contributed by atoms with Gasteiger partial charge in [0.25, 0.3) is 0 Å². The van der Waals surface area contributed by atoms with Crippen LogP contribution in [0.25, 0.3) is 10.8 Å². The fraction of sp³-hybridized carbons (Fsp3) is 0.200. The summed E-state index contributed by atoms with van der Waals surface area (Å²) >= 11 is 0. The Morgan fingerprint density at radius 2 is 2.00 bits per heavy atom. The predicted octanol–water partition coefficient (Wildman–Crippen LogP) is 2.74. The van der Waals surface area contributed by atoms with E-state index in [1.54, 1.807) is 17.1 Å². The predicted molar refractivity (Wildman–Crippen MR) is 75.6 cm³/mol. The first-order chi connectivity index (χ1) is 9.81. The first-order valence-corrected chi connectivity index (χ1v) is 6.49. The van der Waals surface area contributed by atoms with Crippen molar-refractivity contribution in [1.82, 2.24) is 14.8 Å². The van der Waals surface area contributed by atoms with E-state index in [-0.39, 0.29) is 6.61 Å². The Balaban J connectivity index is 2.03. The van der Waals surface area contributed by atoms with Crippen LogP contribution in [0.3, 0.4) is 0 Å². The largest absolute Gasteiger partial charge is 0.435 e. The molecule has 1 N–H and O–H groups in total. The maximum Gasteiger partial charge on any atom is 0.227 e. The molecule has 1 aromatic carbocycles. The number of aliphatic hydroxyl groups is 1. The molecule has 0 atom stereocenters. The van der Waals surface area contributed by atoms with Crippen LogP contribution in [-0.4, -0.2) is 19.9 Å². The molecule has 5 heteroatoms. The van der Waals surface area contributed by atoms with E-state index >= 15 is 0 Å². The lowest BCUT2D eigenvalue weighted by Crippen LogP contribution is -1.94. The summed E-state index contributed by atoms with van der Waals surface area (Å²) in [5.74, 6) is 1.18. The number of aliphatic hydroxyl groups excluding tert-OH is 1. The summed E-state index contributed by atoms with van der Waals surface area (Å²) in [5.41, 5.74) is 0.789. The summed E-state index contributed by atoms with van der Waals surface area (Å²) < 4.78 is 7.59. The van der Waals surface area contributed by atoms with Gasteiger partial charge in [-0.15, -0.1) is 0 Å². The van der Waals surface area contributed by atoms with E-state index in [0.717, 1.165) is 22.9 Å².